The molecule has 0 saturated heterocycles. The molecule has 0 aromatic heterocycles. The lowest BCUT2D eigenvalue weighted by Crippen LogP contribution is -2.15. The highest BCUT2D eigenvalue weighted by molar-refractivity contribution is 7.90. The Morgan fingerprint density at radius 1 is 0.684 bits per heavy atom. The fraction of sp³-hybridized carbons (Fsp3) is 0.143. The van der Waals surface area contributed by atoms with Crippen molar-refractivity contribution in [2.45, 2.75) is 9.79 Å². The smallest absolute Gasteiger partial charge is 0.236 e. The molecular formula is C7H2F4O6S2. The first-order valence-corrected chi connectivity index (χ1v) is 7.06. The van der Waals surface area contributed by atoms with Crippen LogP contribution >= 0.6 is 0 Å². The maximum absolute atomic E-state index is 13.4. The van der Waals surface area contributed by atoms with E-state index in [0.29, 0.717) is 0 Å². The Hall–Kier alpha value is -1.24. The number of benzene rings is 1. The second kappa shape index (κ2) is 4.13. The quantitative estimate of drug-likeness (QED) is 0.301. The average molecular weight is 322 g/mol. The molecule has 2 rings (SSSR count). The van der Waals surface area contributed by atoms with E-state index in [1.807, 2.05) is 0 Å². The van der Waals surface area contributed by atoms with Crippen molar-refractivity contribution in [1.82, 2.24) is 0 Å². The van der Waals surface area contributed by atoms with Crippen molar-refractivity contribution in [2.75, 3.05) is 6.79 Å². The lowest BCUT2D eigenvalue weighted by molar-refractivity contribution is 0.136. The fourth-order valence-corrected chi connectivity index (χ4v) is 3.81. The Morgan fingerprint density at radius 3 is 1.32 bits per heavy atom. The van der Waals surface area contributed by atoms with Crippen molar-refractivity contribution in [2.24, 2.45) is 0 Å². The van der Waals surface area contributed by atoms with E-state index in [1.165, 1.54) is 0 Å². The topological polar surface area (TPSA) is 86.7 Å². The van der Waals surface area contributed by atoms with E-state index >= 15 is 0 Å². The van der Waals surface area contributed by atoms with Gasteiger partial charge in [-0.25, -0.2) is 25.9 Å². The molecule has 1 aromatic carbocycles. The molecule has 0 fully saturated rings. The monoisotopic (exact) mass is 322 g/mol. The zero-order valence-electron chi connectivity index (χ0n) is 8.48. The first kappa shape index (κ1) is 14.2. The van der Waals surface area contributed by atoms with E-state index in [4.69, 9.17) is 0 Å². The summed E-state index contributed by atoms with van der Waals surface area (Å²) in [5, 5.41) is 0. The highest BCUT2D eigenvalue weighted by Gasteiger charge is 2.42. The summed E-state index contributed by atoms with van der Waals surface area (Å²) >= 11 is 0. The standard InChI is InChI=1S/C7H2F4O6S2/c8-2-3(9)5(11)7-6(4(2)10)18(12,13)16-1-17-19(7,14)15/h1H2. The van der Waals surface area contributed by atoms with Crippen molar-refractivity contribution in [3.63, 3.8) is 0 Å². The summed E-state index contributed by atoms with van der Waals surface area (Å²) in [7, 11) is -10.3. The minimum atomic E-state index is -5.17. The van der Waals surface area contributed by atoms with Crippen molar-refractivity contribution in [3.05, 3.63) is 23.3 Å². The van der Waals surface area contributed by atoms with Crippen LogP contribution in [0.3, 0.4) is 0 Å². The molecule has 1 aliphatic heterocycles. The van der Waals surface area contributed by atoms with Crippen LogP contribution in [0.4, 0.5) is 17.6 Å². The maximum atomic E-state index is 13.4. The van der Waals surface area contributed by atoms with Gasteiger partial charge in [-0.3, -0.25) is 0 Å². The van der Waals surface area contributed by atoms with Crippen LogP contribution in [0.2, 0.25) is 0 Å². The molecule has 0 spiro atoms. The average Bonchev–Trinajstić information content (AvgIpc) is 2.38. The lowest BCUT2D eigenvalue weighted by atomic mass is 10.3. The second-order valence-electron chi connectivity index (χ2n) is 3.18. The molecule has 1 heterocycles. The van der Waals surface area contributed by atoms with E-state index in [2.05, 4.69) is 8.37 Å². The predicted octanol–water partition coefficient (Wildman–Crippen LogP) is 0.625. The van der Waals surface area contributed by atoms with Gasteiger partial charge in [-0.15, -0.1) is 0 Å². The molecular weight excluding hydrogens is 320 g/mol. The molecule has 0 N–H and O–H groups in total. The van der Waals surface area contributed by atoms with E-state index in [1.54, 1.807) is 0 Å². The summed E-state index contributed by atoms with van der Waals surface area (Å²) in [5.74, 6) is -9.80. The van der Waals surface area contributed by atoms with Crippen LogP contribution in [-0.2, 0) is 28.6 Å². The molecule has 12 heteroatoms. The van der Waals surface area contributed by atoms with E-state index in [-0.39, 0.29) is 0 Å². The Balaban J connectivity index is 3.11. The third-order valence-corrected chi connectivity index (χ3v) is 4.80. The van der Waals surface area contributed by atoms with Crippen LogP contribution in [0.15, 0.2) is 9.79 Å². The minimum absolute atomic E-state index is 1.42. The zero-order valence-corrected chi connectivity index (χ0v) is 10.1. The summed E-state index contributed by atoms with van der Waals surface area (Å²) in [6, 6.07) is 0. The van der Waals surface area contributed by atoms with Crippen molar-refractivity contribution < 1.29 is 42.8 Å². The molecule has 1 aromatic rings. The lowest BCUT2D eigenvalue weighted by Gasteiger charge is -2.08. The van der Waals surface area contributed by atoms with Gasteiger partial charge in [0.25, 0.3) is 0 Å². The number of hydrogen-bond donors (Lipinski definition) is 0. The molecule has 6 nitrogen and oxygen atoms in total. The molecule has 0 bridgehead atoms. The van der Waals surface area contributed by atoms with Gasteiger partial charge in [-0.1, -0.05) is 0 Å². The van der Waals surface area contributed by atoms with Crippen molar-refractivity contribution >= 4 is 20.2 Å². The maximum Gasteiger partial charge on any atom is 0.303 e. The largest absolute Gasteiger partial charge is 0.303 e. The predicted molar refractivity (Wildman–Crippen MR) is 47.7 cm³/mol. The zero-order chi connectivity index (χ0) is 14.6. The second-order valence-corrected chi connectivity index (χ2v) is 6.28. The highest BCUT2D eigenvalue weighted by atomic mass is 32.2. The van der Waals surface area contributed by atoms with Gasteiger partial charge in [0.15, 0.2) is 39.9 Å². The minimum Gasteiger partial charge on any atom is -0.236 e. The van der Waals surface area contributed by atoms with Crippen LogP contribution in [0, 0.1) is 23.3 Å². The summed E-state index contributed by atoms with van der Waals surface area (Å²) in [4.78, 5) is -3.94. The van der Waals surface area contributed by atoms with Gasteiger partial charge in [-0.2, -0.15) is 16.8 Å². The van der Waals surface area contributed by atoms with Gasteiger partial charge in [0.2, 0.25) is 0 Å². The van der Waals surface area contributed by atoms with Gasteiger partial charge < -0.3 is 0 Å². The van der Waals surface area contributed by atoms with Gasteiger partial charge in [0, 0.05) is 0 Å². The van der Waals surface area contributed by atoms with Crippen LogP contribution in [0.5, 0.6) is 0 Å². The number of fused-ring (bicyclic) bond motifs is 1. The third kappa shape index (κ3) is 2.00. The van der Waals surface area contributed by atoms with E-state index in [0.717, 1.165) is 0 Å². The van der Waals surface area contributed by atoms with Gasteiger partial charge >= 0.3 is 20.2 Å². The Kier molecular flexibility index (Phi) is 3.08. The summed E-state index contributed by atoms with van der Waals surface area (Å²) in [6.45, 7) is -1.42. The molecule has 0 atom stereocenters. The fourth-order valence-electron chi connectivity index (χ4n) is 1.30. The van der Waals surface area contributed by atoms with Crippen LogP contribution in [0.1, 0.15) is 0 Å². The SMILES string of the molecule is O=S1(=O)OCOS(=O)(=O)c2c(F)c(F)c(F)c(F)c21. The summed E-state index contributed by atoms with van der Waals surface area (Å²) < 4.78 is 106. The molecule has 106 valence electrons. The van der Waals surface area contributed by atoms with Crippen LogP contribution in [0.25, 0.3) is 0 Å². The third-order valence-electron chi connectivity index (χ3n) is 2.09. The highest BCUT2D eigenvalue weighted by Crippen LogP contribution is 2.35. The Bertz CT molecular complexity index is 705. The first-order chi connectivity index (χ1) is 8.59. The number of halogens is 4. The number of hydrogen-bond acceptors (Lipinski definition) is 6. The molecule has 1 aliphatic rings. The molecule has 0 saturated carbocycles. The molecule has 0 aliphatic carbocycles. The van der Waals surface area contributed by atoms with E-state index < -0.39 is 60.1 Å². The molecule has 0 amide bonds. The van der Waals surface area contributed by atoms with Crippen molar-refractivity contribution in [1.29, 1.82) is 0 Å². The summed E-state index contributed by atoms with van der Waals surface area (Å²) in [6.07, 6.45) is 0. The number of rotatable bonds is 0. The van der Waals surface area contributed by atoms with Gasteiger partial charge in [-0.05, 0) is 0 Å². The molecule has 19 heavy (non-hydrogen) atoms. The normalized spacial score (nSPS) is 20.6. The van der Waals surface area contributed by atoms with Crippen LogP contribution in [-0.4, -0.2) is 23.6 Å². The first-order valence-electron chi connectivity index (χ1n) is 4.24. The molecule has 0 radical (unpaired) electrons. The molecule has 0 unspecified atom stereocenters. The Labute approximate surface area is 103 Å². The van der Waals surface area contributed by atoms with E-state index in [9.17, 15) is 34.4 Å². The Morgan fingerprint density at radius 2 is 1.00 bits per heavy atom. The van der Waals surface area contributed by atoms with Crippen molar-refractivity contribution in [3.8, 4) is 0 Å². The van der Waals surface area contributed by atoms with Crippen LogP contribution < -0.4 is 0 Å². The van der Waals surface area contributed by atoms with Gasteiger partial charge in [0.1, 0.15) is 0 Å². The van der Waals surface area contributed by atoms with Gasteiger partial charge in [0.05, 0.1) is 0 Å². The summed E-state index contributed by atoms with van der Waals surface area (Å²) in [5.41, 5.74) is 0.